The molecule has 2 aromatic heterocycles. The molecule has 0 saturated carbocycles. The van der Waals surface area contributed by atoms with Gasteiger partial charge in [0.2, 0.25) is 0 Å². The minimum Gasteiger partial charge on any atom is -0.294 e. The molecule has 8 heteroatoms. The van der Waals surface area contributed by atoms with Crippen LogP contribution in [0.3, 0.4) is 0 Å². The maximum Gasteiger partial charge on any atom is 0.271 e. The Labute approximate surface area is 195 Å². The summed E-state index contributed by atoms with van der Waals surface area (Å²) in [6.45, 7) is 0. The average molecular weight is 485 g/mol. The first-order valence-corrected chi connectivity index (χ1v) is 11.9. The van der Waals surface area contributed by atoms with Gasteiger partial charge in [-0.3, -0.25) is 14.2 Å². The highest BCUT2D eigenvalue weighted by Crippen LogP contribution is 2.32. The second-order valence-electron chi connectivity index (χ2n) is 7.02. The van der Waals surface area contributed by atoms with Crippen LogP contribution in [0.15, 0.2) is 75.8 Å². The molecule has 31 heavy (non-hydrogen) atoms. The van der Waals surface area contributed by atoms with Gasteiger partial charge >= 0.3 is 0 Å². The van der Waals surface area contributed by atoms with E-state index in [0.717, 1.165) is 10.4 Å². The molecule has 2 aromatic carbocycles. The highest BCUT2D eigenvalue weighted by atomic mass is 35.5. The highest BCUT2D eigenvalue weighted by molar-refractivity contribution is 7.10. The number of benzene rings is 2. The number of hydrogen-bond donors (Lipinski definition) is 0. The number of fused-ring (bicyclic) bond motifs is 1. The third-order valence-electron chi connectivity index (χ3n) is 5.04. The molecule has 5 rings (SSSR count). The number of carbonyl (C=O) groups is 1. The standard InChI is InChI=1S/C23H14Cl2N2O2S2/c24-15-7-3-13(4-8-15)12-18-22(29)27-20(14-5-9-16(25)10-6-14)21(28)19(26-23(27)31-18)17-2-1-11-30-17/h1-12,19-20H/b18-12-. The highest BCUT2D eigenvalue weighted by Gasteiger charge is 2.36. The number of hydrogen-bond acceptors (Lipinski definition) is 5. The van der Waals surface area contributed by atoms with Crippen LogP contribution in [0.5, 0.6) is 0 Å². The van der Waals surface area contributed by atoms with E-state index in [1.54, 1.807) is 42.5 Å². The summed E-state index contributed by atoms with van der Waals surface area (Å²) in [5.74, 6) is -0.129. The number of Topliss-reactive ketones (excluding diaryl/α,β-unsaturated/α-hetero) is 1. The largest absolute Gasteiger partial charge is 0.294 e. The number of ketones is 1. The zero-order valence-corrected chi connectivity index (χ0v) is 19.0. The molecule has 0 N–H and O–H groups in total. The summed E-state index contributed by atoms with van der Waals surface area (Å²) in [5.41, 5.74) is 1.33. The van der Waals surface area contributed by atoms with Crippen LogP contribution in [0, 0.1) is 0 Å². The Balaban J connectivity index is 1.74. The minimum absolute atomic E-state index is 0.129. The van der Waals surface area contributed by atoms with Gasteiger partial charge in [0.15, 0.2) is 10.6 Å². The second-order valence-corrected chi connectivity index (χ2v) is 9.88. The van der Waals surface area contributed by atoms with E-state index in [1.165, 1.54) is 27.2 Å². The second kappa shape index (κ2) is 8.20. The van der Waals surface area contributed by atoms with Crippen molar-refractivity contribution in [3.8, 4) is 0 Å². The van der Waals surface area contributed by atoms with Gasteiger partial charge in [-0.25, -0.2) is 4.99 Å². The van der Waals surface area contributed by atoms with Crippen molar-refractivity contribution in [3.05, 3.63) is 112 Å². The van der Waals surface area contributed by atoms with Crippen LogP contribution in [-0.4, -0.2) is 10.4 Å². The zero-order chi connectivity index (χ0) is 21.5. The van der Waals surface area contributed by atoms with Crippen molar-refractivity contribution in [2.45, 2.75) is 12.1 Å². The van der Waals surface area contributed by atoms with Crippen LogP contribution in [0.1, 0.15) is 28.1 Å². The average Bonchev–Trinajstić information content (AvgIpc) is 3.40. The van der Waals surface area contributed by atoms with Gasteiger partial charge in [-0.1, -0.05) is 64.9 Å². The Kier molecular flexibility index (Phi) is 5.40. The molecule has 0 fully saturated rings. The zero-order valence-electron chi connectivity index (χ0n) is 15.9. The van der Waals surface area contributed by atoms with Crippen molar-refractivity contribution in [2.24, 2.45) is 4.99 Å². The van der Waals surface area contributed by atoms with Crippen LogP contribution in [0.25, 0.3) is 6.08 Å². The molecular formula is C23H14Cl2N2O2S2. The molecule has 1 aliphatic heterocycles. The Bertz CT molecular complexity index is 1440. The Morgan fingerprint density at radius 3 is 2.26 bits per heavy atom. The first-order chi connectivity index (χ1) is 15.0. The lowest BCUT2D eigenvalue weighted by atomic mass is 9.96. The van der Waals surface area contributed by atoms with Gasteiger partial charge in [-0.2, -0.15) is 0 Å². The van der Waals surface area contributed by atoms with Crippen molar-refractivity contribution in [2.75, 3.05) is 0 Å². The van der Waals surface area contributed by atoms with E-state index >= 15 is 0 Å². The summed E-state index contributed by atoms with van der Waals surface area (Å²) in [6, 6.07) is 16.7. The number of nitrogens with zero attached hydrogens (tertiary/aromatic N) is 2. The van der Waals surface area contributed by atoms with Crippen LogP contribution < -0.4 is 14.9 Å². The number of halogens is 2. The van der Waals surface area contributed by atoms with Crippen LogP contribution in [0.2, 0.25) is 10.0 Å². The van der Waals surface area contributed by atoms with Gasteiger partial charge in [-0.15, -0.1) is 11.3 Å². The van der Waals surface area contributed by atoms with E-state index < -0.39 is 12.1 Å². The normalized spacial score (nSPS) is 18.6. The molecule has 0 spiro atoms. The molecule has 0 amide bonds. The van der Waals surface area contributed by atoms with Gasteiger partial charge in [0.05, 0.1) is 4.53 Å². The predicted octanol–water partition coefficient (Wildman–Crippen LogP) is 4.64. The van der Waals surface area contributed by atoms with Gasteiger partial charge < -0.3 is 0 Å². The SMILES string of the molecule is O=C1C(c2cccs2)N=c2s/c(=C\c3ccc(Cl)cc3)c(=O)n2C1c1ccc(Cl)cc1. The first kappa shape index (κ1) is 20.4. The molecule has 4 aromatic rings. The van der Waals surface area contributed by atoms with Crippen LogP contribution in [-0.2, 0) is 4.79 Å². The lowest BCUT2D eigenvalue weighted by Gasteiger charge is -2.24. The third-order valence-corrected chi connectivity index (χ3v) is 7.47. The summed E-state index contributed by atoms with van der Waals surface area (Å²) in [5, 5.41) is 3.12. The van der Waals surface area contributed by atoms with Gasteiger partial charge in [0.1, 0.15) is 12.1 Å². The first-order valence-electron chi connectivity index (χ1n) is 9.40. The molecule has 2 atom stereocenters. The van der Waals surface area contributed by atoms with E-state index in [4.69, 9.17) is 23.2 Å². The lowest BCUT2D eigenvalue weighted by Crippen LogP contribution is -2.43. The Morgan fingerprint density at radius 2 is 1.61 bits per heavy atom. The maximum atomic E-state index is 13.5. The van der Waals surface area contributed by atoms with E-state index in [0.29, 0.717) is 24.9 Å². The Hall–Kier alpha value is -2.51. The number of carbonyl (C=O) groups excluding carboxylic acids is 1. The van der Waals surface area contributed by atoms with E-state index in [1.807, 2.05) is 29.6 Å². The monoisotopic (exact) mass is 484 g/mol. The topological polar surface area (TPSA) is 51.4 Å². The van der Waals surface area contributed by atoms with E-state index in [9.17, 15) is 9.59 Å². The summed E-state index contributed by atoms with van der Waals surface area (Å²) < 4.78 is 2.02. The Morgan fingerprint density at radius 1 is 0.935 bits per heavy atom. The number of thiazole rings is 1. The fraction of sp³-hybridized carbons (Fsp3) is 0.0870. The molecule has 0 aliphatic carbocycles. The third kappa shape index (κ3) is 3.81. The van der Waals surface area contributed by atoms with Crippen molar-refractivity contribution >= 4 is 57.7 Å². The van der Waals surface area contributed by atoms with Crippen LogP contribution in [0.4, 0.5) is 0 Å². The van der Waals surface area contributed by atoms with Gasteiger partial charge in [0.25, 0.3) is 5.56 Å². The van der Waals surface area contributed by atoms with Gasteiger partial charge in [-0.05, 0) is 52.9 Å². The molecule has 4 nitrogen and oxygen atoms in total. The minimum atomic E-state index is -0.756. The molecular weight excluding hydrogens is 471 g/mol. The number of thiophene rings is 1. The van der Waals surface area contributed by atoms with Crippen molar-refractivity contribution < 1.29 is 4.79 Å². The predicted molar refractivity (Wildman–Crippen MR) is 126 cm³/mol. The molecule has 0 saturated heterocycles. The molecule has 1 aliphatic rings. The van der Waals surface area contributed by atoms with E-state index in [-0.39, 0.29) is 11.3 Å². The van der Waals surface area contributed by atoms with Crippen molar-refractivity contribution in [1.82, 2.24) is 4.57 Å². The van der Waals surface area contributed by atoms with Gasteiger partial charge in [0, 0.05) is 14.9 Å². The van der Waals surface area contributed by atoms with Crippen molar-refractivity contribution in [1.29, 1.82) is 0 Å². The quantitative estimate of drug-likeness (QED) is 0.425. The summed E-state index contributed by atoms with van der Waals surface area (Å²) in [4.78, 5) is 32.9. The fourth-order valence-corrected chi connectivity index (χ4v) is 5.62. The van der Waals surface area contributed by atoms with Crippen molar-refractivity contribution in [3.63, 3.8) is 0 Å². The van der Waals surface area contributed by atoms with Crippen LogP contribution >= 0.6 is 45.9 Å². The molecule has 0 radical (unpaired) electrons. The number of rotatable bonds is 3. The molecule has 2 unspecified atom stereocenters. The number of aromatic nitrogens is 1. The lowest BCUT2D eigenvalue weighted by molar-refractivity contribution is -0.123. The maximum absolute atomic E-state index is 13.5. The molecule has 0 bridgehead atoms. The summed E-state index contributed by atoms with van der Waals surface area (Å²) >= 11 is 14.8. The van der Waals surface area contributed by atoms with E-state index in [2.05, 4.69) is 4.99 Å². The fourth-order valence-electron chi connectivity index (χ4n) is 3.57. The summed E-state index contributed by atoms with van der Waals surface area (Å²) in [6.07, 6.45) is 1.80. The summed E-state index contributed by atoms with van der Waals surface area (Å²) in [7, 11) is 0. The molecule has 3 heterocycles. The molecule has 154 valence electrons. The smallest absolute Gasteiger partial charge is 0.271 e.